The van der Waals surface area contributed by atoms with E-state index >= 15 is 0 Å². The van der Waals surface area contributed by atoms with Crippen molar-refractivity contribution in [3.8, 4) is 0 Å². The summed E-state index contributed by atoms with van der Waals surface area (Å²) in [6.45, 7) is 12.9. The molecular formula is C19H26O2. The number of Topliss-reactive ketones (excluding diaryl/α,β-unsaturated/α-hetero) is 2. The molecule has 2 saturated carbocycles. The summed E-state index contributed by atoms with van der Waals surface area (Å²) in [5, 5.41) is 0. The summed E-state index contributed by atoms with van der Waals surface area (Å²) in [4.78, 5) is 26.0. The second-order valence-electron chi connectivity index (χ2n) is 8.98. The van der Waals surface area contributed by atoms with E-state index in [0.717, 1.165) is 36.8 Å². The van der Waals surface area contributed by atoms with E-state index in [9.17, 15) is 9.59 Å². The first-order valence-corrected chi connectivity index (χ1v) is 8.07. The van der Waals surface area contributed by atoms with Gasteiger partial charge in [-0.3, -0.25) is 9.59 Å². The molecule has 3 aliphatic carbocycles. The Labute approximate surface area is 127 Å². The average molecular weight is 286 g/mol. The second kappa shape index (κ2) is 3.97. The Bertz CT molecular complexity index is 561. The smallest absolute Gasteiger partial charge is 0.177 e. The molecule has 3 aliphatic rings. The third-order valence-corrected chi connectivity index (χ3v) is 5.55. The van der Waals surface area contributed by atoms with Crippen molar-refractivity contribution in [3.63, 3.8) is 0 Å². The third-order valence-electron chi connectivity index (χ3n) is 5.55. The molecule has 0 aromatic rings. The minimum Gasteiger partial charge on any atom is -0.293 e. The van der Waals surface area contributed by atoms with Crippen LogP contribution in [0, 0.1) is 16.2 Å². The Balaban J connectivity index is 2.24. The quantitative estimate of drug-likeness (QED) is 0.619. The molecule has 0 atom stereocenters. The van der Waals surface area contributed by atoms with Crippen molar-refractivity contribution in [2.45, 2.75) is 67.2 Å². The molecule has 2 heteroatoms. The zero-order chi connectivity index (χ0) is 15.8. The van der Waals surface area contributed by atoms with E-state index < -0.39 is 5.41 Å². The number of fused-ring (bicyclic) bond motifs is 1. The maximum Gasteiger partial charge on any atom is 0.177 e. The summed E-state index contributed by atoms with van der Waals surface area (Å²) in [7, 11) is 0. The predicted molar refractivity (Wildman–Crippen MR) is 83.9 cm³/mol. The van der Waals surface area contributed by atoms with Gasteiger partial charge in [0.1, 0.15) is 0 Å². The summed E-state index contributed by atoms with van der Waals surface area (Å²) in [5.74, 6) is 0.274. The molecule has 0 heterocycles. The van der Waals surface area contributed by atoms with Gasteiger partial charge in [0.05, 0.1) is 5.41 Å². The van der Waals surface area contributed by atoms with Gasteiger partial charge < -0.3 is 0 Å². The Morgan fingerprint density at radius 3 is 1.38 bits per heavy atom. The topological polar surface area (TPSA) is 34.1 Å². The van der Waals surface area contributed by atoms with Gasteiger partial charge in [0.25, 0.3) is 0 Å². The first-order chi connectivity index (χ1) is 9.50. The van der Waals surface area contributed by atoms with E-state index in [1.165, 1.54) is 11.1 Å². The number of ketones is 2. The molecule has 0 aliphatic heterocycles. The molecule has 0 unspecified atom stereocenters. The first kappa shape index (κ1) is 14.7. The summed E-state index contributed by atoms with van der Waals surface area (Å²) < 4.78 is 0. The number of carbonyl (C=O) groups is 2. The molecule has 3 rings (SSSR count). The number of allylic oxidation sites excluding steroid dienone is 4. The van der Waals surface area contributed by atoms with Crippen molar-refractivity contribution in [1.82, 2.24) is 0 Å². The van der Waals surface area contributed by atoms with Crippen LogP contribution in [0.1, 0.15) is 67.2 Å². The zero-order valence-corrected chi connectivity index (χ0v) is 14.1. The molecule has 0 aromatic heterocycles. The summed E-state index contributed by atoms with van der Waals surface area (Å²) in [5.41, 5.74) is 3.19. The highest BCUT2D eigenvalue weighted by Crippen LogP contribution is 2.59. The monoisotopic (exact) mass is 286 g/mol. The first-order valence-electron chi connectivity index (χ1n) is 8.07. The molecule has 21 heavy (non-hydrogen) atoms. The van der Waals surface area contributed by atoms with Gasteiger partial charge in [-0.2, -0.15) is 0 Å². The van der Waals surface area contributed by atoms with Crippen LogP contribution in [0.3, 0.4) is 0 Å². The summed E-state index contributed by atoms with van der Waals surface area (Å²) in [6, 6.07) is 0. The lowest BCUT2D eigenvalue weighted by molar-refractivity contribution is -0.138. The van der Waals surface area contributed by atoms with E-state index in [0.29, 0.717) is 0 Å². The molecular weight excluding hydrogens is 260 g/mol. The van der Waals surface area contributed by atoms with Gasteiger partial charge in [-0.1, -0.05) is 48.0 Å². The number of rotatable bonds is 0. The molecule has 0 saturated heterocycles. The summed E-state index contributed by atoms with van der Waals surface area (Å²) in [6.07, 6.45) is 3.32. The molecule has 0 radical (unpaired) electrons. The van der Waals surface area contributed by atoms with Gasteiger partial charge in [0, 0.05) is 11.1 Å². The van der Waals surface area contributed by atoms with Gasteiger partial charge in [0.15, 0.2) is 11.6 Å². The van der Waals surface area contributed by atoms with Gasteiger partial charge >= 0.3 is 0 Å². The van der Waals surface area contributed by atoms with Crippen LogP contribution in [-0.2, 0) is 9.59 Å². The van der Waals surface area contributed by atoms with Crippen LogP contribution in [0.15, 0.2) is 22.3 Å². The average Bonchev–Trinajstić information content (AvgIpc) is 2.73. The lowest BCUT2D eigenvalue weighted by Crippen LogP contribution is -2.40. The van der Waals surface area contributed by atoms with Crippen molar-refractivity contribution in [3.05, 3.63) is 22.3 Å². The Kier molecular flexibility index (Phi) is 2.78. The Hall–Kier alpha value is -1.18. The minimum absolute atomic E-state index is 0.0567. The van der Waals surface area contributed by atoms with E-state index in [4.69, 9.17) is 0 Å². The highest BCUT2D eigenvalue weighted by Gasteiger charge is 2.61. The van der Waals surface area contributed by atoms with E-state index in [2.05, 4.69) is 41.5 Å². The van der Waals surface area contributed by atoms with Crippen molar-refractivity contribution >= 4 is 11.6 Å². The fourth-order valence-electron chi connectivity index (χ4n) is 4.00. The van der Waals surface area contributed by atoms with Crippen LogP contribution in [-0.4, -0.2) is 11.6 Å². The van der Waals surface area contributed by atoms with E-state index in [-0.39, 0.29) is 22.4 Å². The number of hydrogen-bond acceptors (Lipinski definition) is 2. The lowest BCUT2D eigenvalue weighted by Gasteiger charge is -2.35. The molecule has 0 aromatic carbocycles. The standard InChI is InChI=1S/C19H26O2/c1-17(2,3)11-10-12(18(4,5)6)14-13(11)15(20)19(16(14)21)8-7-9-19/h7-10H2,1-6H3. The number of carbonyl (C=O) groups excluding carboxylic acids is 2. The second-order valence-corrected chi connectivity index (χ2v) is 8.98. The molecule has 2 fully saturated rings. The normalized spacial score (nSPS) is 25.0. The molecule has 114 valence electrons. The van der Waals surface area contributed by atoms with Crippen molar-refractivity contribution in [2.24, 2.45) is 16.2 Å². The largest absolute Gasteiger partial charge is 0.293 e. The van der Waals surface area contributed by atoms with Crippen LogP contribution in [0.5, 0.6) is 0 Å². The van der Waals surface area contributed by atoms with E-state index in [1.54, 1.807) is 0 Å². The molecule has 0 bridgehead atoms. The van der Waals surface area contributed by atoms with Crippen molar-refractivity contribution in [1.29, 1.82) is 0 Å². The maximum absolute atomic E-state index is 13.0. The van der Waals surface area contributed by atoms with Crippen LogP contribution in [0.25, 0.3) is 0 Å². The highest BCUT2D eigenvalue weighted by atomic mass is 16.2. The third kappa shape index (κ3) is 1.77. The molecule has 0 amide bonds. The Morgan fingerprint density at radius 2 is 1.14 bits per heavy atom. The minimum atomic E-state index is -0.669. The van der Waals surface area contributed by atoms with Gasteiger partial charge in [-0.15, -0.1) is 0 Å². The molecule has 1 spiro atoms. The maximum atomic E-state index is 13.0. The fraction of sp³-hybridized carbons (Fsp3) is 0.684. The van der Waals surface area contributed by atoms with E-state index in [1.807, 2.05) is 0 Å². The fourth-order valence-corrected chi connectivity index (χ4v) is 4.00. The molecule has 2 nitrogen and oxygen atoms in total. The van der Waals surface area contributed by atoms with Gasteiger partial charge in [-0.25, -0.2) is 0 Å². The predicted octanol–water partition coefficient (Wildman–Crippen LogP) is 4.40. The summed E-state index contributed by atoms with van der Waals surface area (Å²) >= 11 is 0. The highest BCUT2D eigenvalue weighted by molar-refractivity contribution is 6.34. The van der Waals surface area contributed by atoms with Crippen molar-refractivity contribution < 1.29 is 9.59 Å². The number of hydrogen-bond donors (Lipinski definition) is 0. The van der Waals surface area contributed by atoms with Crippen LogP contribution in [0.4, 0.5) is 0 Å². The molecule has 0 N–H and O–H groups in total. The Morgan fingerprint density at radius 1 is 0.762 bits per heavy atom. The van der Waals surface area contributed by atoms with Crippen molar-refractivity contribution in [2.75, 3.05) is 0 Å². The van der Waals surface area contributed by atoms with Crippen LogP contribution >= 0.6 is 0 Å². The SMILES string of the molecule is CC(C)(C)C1=C2C(=O)C3(CCC3)C(=O)C2=C(C(C)(C)C)C1. The van der Waals surface area contributed by atoms with Crippen LogP contribution < -0.4 is 0 Å². The van der Waals surface area contributed by atoms with Gasteiger partial charge in [0.2, 0.25) is 0 Å². The lowest BCUT2D eigenvalue weighted by atomic mass is 9.65. The van der Waals surface area contributed by atoms with Gasteiger partial charge in [-0.05, 0) is 41.2 Å². The van der Waals surface area contributed by atoms with Crippen LogP contribution in [0.2, 0.25) is 0 Å². The zero-order valence-electron chi connectivity index (χ0n) is 14.1.